The fourth-order valence-corrected chi connectivity index (χ4v) is 6.04. The molecule has 0 spiro atoms. The SMILES string of the molecule is CCC(C)C(NC(=O)C(Cc1c[nH]c2ccccc12)NC(=O)C(N)Cc1c[nH]c2ccccc12)C(=O)N1CCCC1C(=O)O. The highest BCUT2D eigenvalue weighted by Crippen LogP contribution is 2.23. The molecule has 3 heterocycles. The summed E-state index contributed by atoms with van der Waals surface area (Å²) < 4.78 is 0. The molecule has 7 N–H and O–H groups in total. The first-order chi connectivity index (χ1) is 21.2. The number of nitrogens with one attached hydrogen (secondary N) is 4. The number of nitrogens with two attached hydrogens (primary N) is 1. The molecular formula is C33H40N6O5. The van der Waals surface area contributed by atoms with Gasteiger partial charge in [0.2, 0.25) is 17.7 Å². The Hall–Kier alpha value is -4.64. The molecule has 11 heteroatoms. The van der Waals surface area contributed by atoms with Gasteiger partial charge in [0.1, 0.15) is 18.1 Å². The van der Waals surface area contributed by atoms with E-state index in [0.717, 1.165) is 32.9 Å². The number of fused-ring (bicyclic) bond motifs is 2. The highest BCUT2D eigenvalue weighted by atomic mass is 16.4. The summed E-state index contributed by atoms with van der Waals surface area (Å²) in [5, 5.41) is 17.3. The minimum absolute atomic E-state index is 0.157. The Morgan fingerprint density at radius 3 is 2.11 bits per heavy atom. The minimum atomic E-state index is -1.06. The predicted octanol–water partition coefficient (Wildman–Crippen LogP) is 2.85. The van der Waals surface area contributed by atoms with Gasteiger partial charge < -0.3 is 36.3 Å². The molecule has 0 radical (unpaired) electrons. The number of nitrogens with zero attached hydrogens (tertiary/aromatic N) is 1. The van der Waals surface area contributed by atoms with E-state index < -0.39 is 47.9 Å². The number of aromatic amines is 2. The van der Waals surface area contributed by atoms with E-state index in [2.05, 4.69) is 20.6 Å². The summed E-state index contributed by atoms with van der Waals surface area (Å²) in [5.41, 5.74) is 9.92. The number of benzene rings is 2. The van der Waals surface area contributed by atoms with Gasteiger partial charge in [-0.05, 0) is 48.4 Å². The van der Waals surface area contributed by atoms with Crippen LogP contribution in [0.2, 0.25) is 0 Å². The van der Waals surface area contributed by atoms with Gasteiger partial charge in [-0.25, -0.2) is 4.79 Å². The van der Waals surface area contributed by atoms with Crippen LogP contribution in [0.3, 0.4) is 0 Å². The van der Waals surface area contributed by atoms with Crippen LogP contribution in [-0.2, 0) is 32.0 Å². The Labute approximate surface area is 255 Å². The van der Waals surface area contributed by atoms with Crippen molar-refractivity contribution < 1.29 is 24.3 Å². The third-order valence-electron chi connectivity index (χ3n) is 8.78. The first-order valence-corrected chi connectivity index (χ1v) is 15.2. The van der Waals surface area contributed by atoms with E-state index in [0.29, 0.717) is 25.8 Å². The maximum atomic E-state index is 14.0. The molecule has 1 fully saturated rings. The number of carboxylic acid groups (broad SMARTS) is 1. The monoisotopic (exact) mass is 600 g/mol. The molecule has 5 rings (SSSR count). The standard InChI is InChI=1S/C33H40N6O5/c1-3-19(2)29(32(42)39-14-8-13-28(39)33(43)44)38-31(41)27(16-21-18-36-26-12-7-5-10-23(21)26)37-30(40)24(34)15-20-17-35-25-11-6-4-9-22(20)25/h4-7,9-12,17-19,24,27-29,35-36H,3,8,13-16,34H2,1-2H3,(H,37,40)(H,38,41)(H,43,44). The molecule has 0 saturated carbocycles. The molecule has 44 heavy (non-hydrogen) atoms. The van der Waals surface area contributed by atoms with E-state index in [1.807, 2.05) is 74.8 Å². The summed E-state index contributed by atoms with van der Waals surface area (Å²) in [7, 11) is 0. The Morgan fingerprint density at radius 2 is 1.52 bits per heavy atom. The zero-order valence-corrected chi connectivity index (χ0v) is 25.0. The highest BCUT2D eigenvalue weighted by Gasteiger charge is 2.40. The van der Waals surface area contributed by atoms with Crippen molar-refractivity contribution in [1.29, 1.82) is 0 Å². The lowest BCUT2D eigenvalue weighted by Gasteiger charge is -2.31. The molecule has 1 saturated heterocycles. The molecule has 5 unspecified atom stereocenters. The van der Waals surface area contributed by atoms with Gasteiger partial charge in [0.05, 0.1) is 6.04 Å². The van der Waals surface area contributed by atoms with E-state index in [1.165, 1.54) is 4.90 Å². The number of rotatable bonds is 12. The van der Waals surface area contributed by atoms with Crippen LogP contribution in [0.5, 0.6) is 0 Å². The lowest BCUT2D eigenvalue weighted by atomic mass is 9.96. The molecule has 4 aromatic rings. The number of H-pyrrole nitrogens is 2. The molecule has 0 bridgehead atoms. The Morgan fingerprint density at radius 1 is 0.932 bits per heavy atom. The van der Waals surface area contributed by atoms with Crippen molar-refractivity contribution >= 4 is 45.5 Å². The van der Waals surface area contributed by atoms with Gasteiger partial charge in [-0.15, -0.1) is 0 Å². The van der Waals surface area contributed by atoms with Gasteiger partial charge in [-0.3, -0.25) is 14.4 Å². The normalized spacial score (nSPS) is 17.7. The first kappa shape index (κ1) is 30.8. The first-order valence-electron chi connectivity index (χ1n) is 15.2. The van der Waals surface area contributed by atoms with Crippen molar-refractivity contribution in [3.8, 4) is 0 Å². The van der Waals surface area contributed by atoms with Crippen molar-refractivity contribution in [3.05, 3.63) is 72.1 Å². The van der Waals surface area contributed by atoms with Gasteiger partial charge in [0.15, 0.2) is 0 Å². The second-order valence-electron chi connectivity index (χ2n) is 11.7. The number of para-hydroxylation sites is 2. The zero-order chi connectivity index (χ0) is 31.4. The summed E-state index contributed by atoms with van der Waals surface area (Å²) in [4.78, 5) is 60.7. The average molecular weight is 601 g/mol. The Bertz CT molecular complexity index is 1660. The van der Waals surface area contributed by atoms with Gasteiger partial charge in [0.25, 0.3) is 0 Å². The van der Waals surface area contributed by atoms with Crippen molar-refractivity contribution in [1.82, 2.24) is 25.5 Å². The Balaban J connectivity index is 1.38. The lowest BCUT2D eigenvalue weighted by Crippen LogP contribution is -2.59. The van der Waals surface area contributed by atoms with Crippen LogP contribution in [0.25, 0.3) is 21.8 Å². The molecule has 3 amide bonds. The van der Waals surface area contributed by atoms with Gasteiger partial charge in [0, 0.05) is 47.2 Å². The summed E-state index contributed by atoms with van der Waals surface area (Å²) in [6.07, 6.45) is 5.59. The van der Waals surface area contributed by atoms with Crippen LogP contribution in [0.1, 0.15) is 44.2 Å². The Kier molecular flexibility index (Phi) is 9.34. The van der Waals surface area contributed by atoms with Crippen LogP contribution < -0.4 is 16.4 Å². The molecule has 11 nitrogen and oxygen atoms in total. The smallest absolute Gasteiger partial charge is 0.326 e. The number of likely N-dealkylation sites (tertiary alicyclic amines) is 1. The second kappa shape index (κ2) is 13.3. The number of carboxylic acids is 1. The topological polar surface area (TPSA) is 173 Å². The summed E-state index contributed by atoms with van der Waals surface area (Å²) >= 11 is 0. The van der Waals surface area contributed by atoms with Crippen LogP contribution in [-0.4, -0.2) is 74.4 Å². The molecule has 1 aliphatic rings. The number of carbonyl (C=O) groups excluding carboxylic acids is 3. The third-order valence-corrected chi connectivity index (χ3v) is 8.78. The summed E-state index contributed by atoms with van der Waals surface area (Å²) in [5.74, 6) is -2.78. The molecule has 1 aliphatic heterocycles. The third kappa shape index (κ3) is 6.47. The molecule has 0 aliphatic carbocycles. The minimum Gasteiger partial charge on any atom is -0.480 e. The predicted molar refractivity (Wildman–Crippen MR) is 168 cm³/mol. The maximum absolute atomic E-state index is 14.0. The second-order valence-corrected chi connectivity index (χ2v) is 11.7. The van der Waals surface area contributed by atoms with Gasteiger partial charge in [-0.2, -0.15) is 0 Å². The molecule has 2 aromatic carbocycles. The number of aliphatic carboxylic acids is 1. The van der Waals surface area contributed by atoms with Crippen molar-refractivity contribution in [2.45, 2.75) is 70.1 Å². The van der Waals surface area contributed by atoms with E-state index in [4.69, 9.17) is 5.73 Å². The lowest BCUT2D eigenvalue weighted by molar-refractivity contribution is -0.150. The number of hydrogen-bond donors (Lipinski definition) is 6. The quantitative estimate of drug-likeness (QED) is 0.146. The van der Waals surface area contributed by atoms with Crippen LogP contribution >= 0.6 is 0 Å². The van der Waals surface area contributed by atoms with E-state index in [-0.39, 0.29) is 18.8 Å². The van der Waals surface area contributed by atoms with E-state index in [1.54, 1.807) is 0 Å². The average Bonchev–Trinajstić information content (AvgIpc) is 3.78. The van der Waals surface area contributed by atoms with Crippen LogP contribution in [0.15, 0.2) is 60.9 Å². The number of aromatic nitrogens is 2. The fourth-order valence-electron chi connectivity index (χ4n) is 6.04. The molecular weight excluding hydrogens is 560 g/mol. The number of carbonyl (C=O) groups is 4. The largest absolute Gasteiger partial charge is 0.480 e. The molecule has 2 aromatic heterocycles. The van der Waals surface area contributed by atoms with Crippen LogP contribution in [0.4, 0.5) is 0 Å². The highest BCUT2D eigenvalue weighted by molar-refractivity contribution is 5.95. The van der Waals surface area contributed by atoms with Gasteiger partial charge in [-0.1, -0.05) is 56.7 Å². The van der Waals surface area contributed by atoms with E-state index in [9.17, 15) is 24.3 Å². The van der Waals surface area contributed by atoms with Gasteiger partial charge >= 0.3 is 5.97 Å². The maximum Gasteiger partial charge on any atom is 0.326 e. The number of amides is 3. The number of hydrogen-bond acceptors (Lipinski definition) is 5. The van der Waals surface area contributed by atoms with Crippen LogP contribution in [0, 0.1) is 5.92 Å². The van der Waals surface area contributed by atoms with Crippen molar-refractivity contribution in [3.63, 3.8) is 0 Å². The summed E-state index contributed by atoms with van der Waals surface area (Å²) in [6.45, 7) is 4.07. The van der Waals surface area contributed by atoms with E-state index >= 15 is 0 Å². The zero-order valence-electron chi connectivity index (χ0n) is 25.0. The fraction of sp³-hybridized carbons (Fsp3) is 0.394. The molecule has 232 valence electrons. The molecule has 5 atom stereocenters. The van der Waals surface area contributed by atoms with Crippen molar-refractivity contribution in [2.75, 3.05) is 6.54 Å². The summed E-state index contributed by atoms with van der Waals surface area (Å²) in [6, 6.07) is 11.6. The van der Waals surface area contributed by atoms with Crippen molar-refractivity contribution in [2.24, 2.45) is 11.7 Å².